The average Bonchev–Trinajstić information content (AvgIpc) is 2.84. The van der Waals surface area contributed by atoms with Gasteiger partial charge in [0.05, 0.1) is 16.0 Å². The minimum absolute atomic E-state index is 0.198. The Labute approximate surface area is 250 Å². The molecule has 0 amide bonds. The van der Waals surface area contributed by atoms with Crippen LogP contribution in [0.25, 0.3) is 0 Å². The molecule has 2 heterocycles. The molecule has 0 aliphatic carbocycles. The maximum absolute atomic E-state index is 13.6. The first kappa shape index (κ1) is 32.6. The molecule has 0 aliphatic heterocycles. The van der Waals surface area contributed by atoms with Crippen molar-refractivity contribution in [1.29, 1.82) is 0 Å². The van der Waals surface area contributed by atoms with Gasteiger partial charge in [0, 0.05) is 41.0 Å². The third kappa shape index (κ3) is 8.33. The second-order valence-electron chi connectivity index (χ2n) is 8.66. The molecule has 218 valence electrons. The molecule has 0 atom stereocenters. The Morgan fingerprint density at radius 3 is 1.71 bits per heavy atom. The van der Waals surface area contributed by atoms with Crippen LogP contribution in [0.15, 0.2) is 79.7 Å². The molecule has 4 rings (SSSR count). The van der Waals surface area contributed by atoms with Crippen LogP contribution in [-0.2, 0) is 31.2 Å². The Morgan fingerprint density at radius 1 is 0.756 bits per heavy atom. The van der Waals surface area contributed by atoms with Gasteiger partial charge in [-0.05, 0) is 80.7 Å². The number of hydrogen-bond donors (Lipinski definition) is 0. The van der Waals surface area contributed by atoms with E-state index < -0.39 is 64.2 Å². The van der Waals surface area contributed by atoms with Crippen molar-refractivity contribution in [3.8, 4) is 0 Å². The van der Waals surface area contributed by atoms with Gasteiger partial charge >= 0.3 is 0 Å². The van der Waals surface area contributed by atoms with E-state index in [0.29, 0.717) is 37.1 Å². The zero-order valence-electron chi connectivity index (χ0n) is 21.2. The highest BCUT2D eigenvalue weighted by Gasteiger charge is 2.24. The van der Waals surface area contributed by atoms with Crippen molar-refractivity contribution in [3.05, 3.63) is 121 Å². The number of halogens is 6. The Bertz CT molecular complexity index is 1840. The SMILES string of the molecule is Cc1c(CS(=O)(=O)c2ccc(F)cc2F)cc(Br)c[n+]1[O-].Cc1ncc(Br)cc1CS(=O)(=O)c1ccc(F)cc1F. The summed E-state index contributed by atoms with van der Waals surface area (Å²) in [5.74, 6) is -4.87. The second kappa shape index (κ2) is 13.0. The summed E-state index contributed by atoms with van der Waals surface area (Å²) in [6.45, 7) is 3.13. The highest BCUT2D eigenvalue weighted by molar-refractivity contribution is 9.10. The number of pyridine rings is 2. The van der Waals surface area contributed by atoms with E-state index in [4.69, 9.17) is 0 Å². The van der Waals surface area contributed by atoms with Crippen LogP contribution in [0.3, 0.4) is 0 Å². The van der Waals surface area contributed by atoms with Crippen LogP contribution in [0.1, 0.15) is 22.5 Å². The molecule has 15 heteroatoms. The number of benzene rings is 2. The number of hydrogen-bond acceptors (Lipinski definition) is 6. The number of aromatic nitrogens is 2. The van der Waals surface area contributed by atoms with Crippen LogP contribution in [0.5, 0.6) is 0 Å². The second-order valence-corrected chi connectivity index (χ2v) is 14.4. The summed E-state index contributed by atoms with van der Waals surface area (Å²) in [7, 11) is -7.93. The van der Waals surface area contributed by atoms with Crippen molar-refractivity contribution in [2.75, 3.05) is 0 Å². The molecule has 41 heavy (non-hydrogen) atoms. The zero-order valence-corrected chi connectivity index (χ0v) is 26.0. The van der Waals surface area contributed by atoms with Crippen LogP contribution < -0.4 is 4.73 Å². The van der Waals surface area contributed by atoms with Gasteiger partial charge in [0.2, 0.25) is 0 Å². The van der Waals surface area contributed by atoms with E-state index in [1.807, 2.05) is 0 Å². The van der Waals surface area contributed by atoms with Crippen LogP contribution in [0, 0.1) is 42.3 Å². The van der Waals surface area contributed by atoms with Crippen molar-refractivity contribution in [2.45, 2.75) is 35.1 Å². The average molecular weight is 740 g/mol. The highest BCUT2D eigenvalue weighted by atomic mass is 79.9. The fourth-order valence-electron chi connectivity index (χ4n) is 3.52. The Balaban J connectivity index is 0.000000226. The van der Waals surface area contributed by atoms with Gasteiger partial charge in [0.15, 0.2) is 31.6 Å². The van der Waals surface area contributed by atoms with E-state index >= 15 is 0 Å². The predicted octanol–water partition coefficient (Wildman–Crippen LogP) is 6.05. The van der Waals surface area contributed by atoms with Gasteiger partial charge in [0.1, 0.15) is 33.1 Å². The van der Waals surface area contributed by atoms with E-state index in [-0.39, 0.29) is 11.3 Å². The lowest BCUT2D eigenvalue weighted by atomic mass is 10.2. The monoisotopic (exact) mass is 738 g/mol. The van der Waals surface area contributed by atoms with Gasteiger partial charge < -0.3 is 5.21 Å². The van der Waals surface area contributed by atoms with Crippen molar-refractivity contribution in [1.82, 2.24) is 4.98 Å². The first-order valence-electron chi connectivity index (χ1n) is 11.3. The molecule has 0 radical (unpaired) electrons. The maximum Gasteiger partial charge on any atom is 0.194 e. The summed E-state index contributed by atoms with van der Waals surface area (Å²) in [6, 6.07) is 7.75. The zero-order chi connectivity index (χ0) is 30.7. The Hall–Kier alpha value is -2.88. The van der Waals surface area contributed by atoms with Gasteiger partial charge in [-0.1, -0.05) is 0 Å². The molecule has 0 N–H and O–H groups in total. The predicted molar refractivity (Wildman–Crippen MR) is 149 cm³/mol. The molecule has 4 aromatic rings. The summed E-state index contributed by atoms with van der Waals surface area (Å²) in [5, 5.41) is 11.6. The topological polar surface area (TPSA) is 108 Å². The summed E-state index contributed by atoms with van der Waals surface area (Å²) in [4.78, 5) is 2.92. The molecule has 0 aliphatic rings. The van der Waals surface area contributed by atoms with E-state index in [1.165, 1.54) is 19.2 Å². The van der Waals surface area contributed by atoms with Crippen molar-refractivity contribution in [2.24, 2.45) is 0 Å². The summed E-state index contributed by atoms with van der Waals surface area (Å²) in [5.41, 5.74) is 1.44. The summed E-state index contributed by atoms with van der Waals surface area (Å²) in [6.07, 6.45) is 2.79. The number of aryl methyl sites for hydroxylation is 1. The van der Waals surface area contributed by atoms with Crippen LogP contribution in [0.2, 0.25) is 0 Å². The molecular weight excluding hydrogens is 720 g/mol. The molecule has 2 aromatic carbocycles. The lowest BCUT2D eigenvalue weighted by molar-refractivity contribution is -0.613. The Kier molecular flexibility index (Phi) is 10.3. The third-order valence-electron chi connectivity index (χ3n) is 5.66. The lowest BCUT2D eigenvalue weighted by Gasteiger charge is -2.09. The van der Waals surface area contributed by atoms with Crippen molar-refractivity contribution >= 4 is 51.5 Å². The molecule has 0 spiro atoms. The normalized spacial score (nSPS) is 11.6. The number of nitrogens with zero attached hydrogens (tertiary/aromatic N) is 2. The molecule has 0 saturated carbocycles. The van der Waals surface area contributed by atoms with Crippen LogP contribution in [0.4, 0.5) is 17.6 Å². The minimum atomic E-state index is -4.03. The van der Waals surface area contributed by atoms with Gasteiger partial charge in [-0.15, -0.1) is 0 Å². The van der Waals surface area contributed by atoms with E-state index in [9.17, 15) is 39.6 Å². The first-order chi connectivity index (χ1) is 19.0. The van der Waals surface area contributed by atoms with Crippen LogP contribution in [-0.4, -0.2) is 21.8 Å². The molecule has 0 fully saturated rings. The van der Waals surface area contributed by atoms with E-state index in [2.05, 4.69) is 36.8 Å². The van der Waals surface area contributed by atoms with Gasteiger partial charge in [-0.25, -0.2) is 34.4 Å². The largest absolute Gasteiger partial charge is 0.618 e. The fourth-order valence-corrected chi connectivity index (χ4v) is 7.34. The Morgan fingerprint density at radius 2 is 1.22 bits per heavy atom. The number of rotatable bonds is 6. The lowest BCUT2D eigenvalue weighted by Crippen LogP contribution is -2.31. The standard InChI is InChI=1S/C13H10BrF2NO3S.C13H10BrF2NO2S/c1-8-9(4-10(14)6-17(8)18)7-21(19,20)13-3-2-11(15)5-12(13)16;1-8-9(4-10(14)6-17-8)7-20(18,19)13-3-2-11(15)5-12(13)16/h2-6H,7H2,1H3;2-6H,7H2,1H3. The summed E-state index contributed by atoms with van der Waals surface area (Å²) >= 11 is 6.30. The summed E-state index contributed by atoms with van der Waals surface area (Å²) < 4.78 is 103. The fraction of sp³-hybridized carbons (Fsp3) is 0.154. The molecule has 2 aromatic heterocycles. The molecule has 0 bridgehead atoms. The molecule has 7 nitrogen and oxygen atoms in total. The van der Waals surface area contributed by atoms with E-state index in [0.717, 1.165) is 24.3 Å². The smallest absolute Gasteiger partial charge is 0.194 e. The van der Waals surface area contributed by atoms with Gasteiger partial charge in [0.25, 0.3) is 0 Å². The highest BCUT2D eigenvalue weighted by Crippen LogP contribution is 2.24. The van der Waals surface area contributed by atoms with Crippen LogP contribution >= 0.6 is 31.9 Å². The van der Waals surface area contributed by atoms with Crippen molar-refractivity contribution < 1.29 is 39.1 Å². The number of sulfone groups is 2. The quantitative estimate of drug-likeness (QED) is 0.103. The van der Waals surface area contributed by atoms with Gasteiger partial charge in [-0.3, -0.25) is 4.98 Å². The molecular formula is C26H20Br2F4N2O5S2. The molecule has 0 saturated heterocycles. The first-order valence-corrected chi connectivity index (χ1v) is 16.2. The van der Waals surface area contributed by atoms with Gasteiger partial charge in [-0.2, -0.15) is 4.73 Å². The maximum atomic E-state index is 13.6. The third-order valence-corrected chi connectivity index (χ3v) is 9.91. The van der Waals surface area contributed by atoms with Crippen molar-refractivity contribution in [3.63, 3.8) is 0 Å². The molecule has 0 unspecified atom stereocenters. The minimum Gasteiger partial charge on any atom is -0.618 e. The van der Waals surface area contributed by atoms with E-state index in [1.54, 1.807) is 19.2 Å².